The van der Waals surface area contributed by atoms with Crippen LogP contribution in [0.5, 0.6) is 0 Å². The van der Waals surface area contributed by atoms with E-state index in [9.17, 15) is 8.78 Å². The topological polar surface area (TPSA) is 0 Å². The molecule has 0 N–H and O–H groups in total. The number of hydrogen-bond donors (Lipinski definition) is 0. The van der Waals surface area contributed by atoms with Gasteiger partial charge in [0.15, 0.2) is 11.6 Å². The average Bonchev–Trinajstić information content (AvgIpc) is 2.92. The van der Waals surface area contributed by atoms with Crippen LogP contribution >= 0.6 is 0 Å². The van der Waals surface area contributed by atoms with E-state index in [-0.39, 0.29) is 11.7 Å². The summed E-state index contributed by atoms with van der Waals surface area (Å²) in [5.41, 5.74) is 4.64. The number of aryl methyl sites for hydroxylation is 3. The summed E-state index contributed by atoms with van der Waals surface area (Å²) in [6.45, 7) is 4.36. The normalized spacial score (nSPS) is 17.8. The Morgan fingerprint density at radius 1 is 0.649 bits per heavy atom. The highest BCUT2D eigenvalue weighted by Crippen LogP contribution is 2.39. The largest absolute Gasteiger partial charge is 0.207 e. The summed E-state index contributed by atoms with van der Waals surface area (Å²) in [4.78, 5) is 0. The fraction of sp³-hybridized carbons (Fsp3) is 0.471. The summed E-state index contributed by atoms with van der Waals surface area (Å²) in [5, 5.41) is 0. The van der Waals surface area contributed by atoms with Gasteiger partial charge < -0.3 is 0 Å². The van der Waals surface area contributed by atoms with Gasteiger partial charge in [-0.2, -0.15) is 0 Å². The molecule has 0 spiro atoms. The van der Waals surface area contributed by atoms with Gasteiger partial charge in [0.05, 0.1) is 0 Å². The smallest absolute Gasteiger partial charge is 0.162 e. The summed E-state index contributed by atoms with van der Waals surface area (Å²) in [7, 11) is 0. The lowest BCUT2D eigenvalue weighted by Crippen LogP contribution is -2.15. The summed E-state index contributed by atoms with van der Waals surface area (Å²) >= 11 is 0. The van der Waals surface area contributed by atoms with Crippen molar-refractivity contribution >= 4 is 0 Å². The van der Waals surface area contributed by atoms with Crippen LogP contribution in [0.25, 0.3) is 11.1 Å². The molecule has 3 heteroatoms. The van der Waals surface area contributed by atoms with Gasteiger partial charge in [0.25, 0.3) is 0 Å². The maximum atomic E-state index is 15.0. The molecule has 0 aliphatic heterocycles. The highest BCUT2D eigenvalue weighted by molar-refractivity contribution is 5.64. The first-order valence-electron chi connectivity index (χ1n) is 14.3. The summed E-state index contributed by atoms with van der Waals surface area (Å²) < 4.78 is 44.5. The fourth-order valence-electron chi connectivity index (χ4n) is 5.92. The van der Waals surface area contributed by atoms with Crippen molar-refractivity contribution in [3.05, 3.63) is 94.3 Å². The van der Waals surface area contributed by atoms with E-state index in [4.69, 9.17) is 0 Å². The SMILES string of the molecule is CCCCCc1ccc(-c2ccc(CCc3ccc(C4CCC(CCC)CC4)c(F)c3F)cc2)cc1F. The maximum Gasteiger partial charge on any atom is 0.162 e. The molecule has 0 atom stereocenters. The molecule has 0 aromatic heterocycles. The van der Waals surface area contributed by atoms with Crippen molar-refractivity contribution in [2.45, 2.75) is 96.8 Å². The van der Waals surface area contributed by atoms with Crippen LogP contribution < -0.4 is 0 Å². The van der Waals surface area contributed by atoms with E-state index in [1.54, 1.807) is 12.1 Å². The summed E-state index contributed by atoms with van der Waals surface area (Å²) in [6.07, 6.45) is 11.7. The molecule has 3 aromatic carbocycles. The first-order chi connectivity index (χ1) is 18.0. The van der Waals surface area contributed by atoms with Crippen molar-refractivity contribution in [3.63, 3.8) is 0 Å². The van der Waals surface area contributed by atoms with E-state index in [1.165, 1.54) is 12.8 Å². The van der Waals surface area contributed by atoms with Crippen LogP contribution in [0.15, 0.2) is 54.6 Å². The minimum Gasteiger partial charge on any atom is -0.207 e. The molecule has 3 aromatic rings. The number of unbranched alkanes of at least 4 members (excludes halogenated alkanes) is 2. The molecule has 0 saturated heterocycles. The van der Waals surface area contributed by atoms with Crippen molar-refractivity contribution in [2.24, 2.45) is 5.92 Å². The minimum absolute atomic E-state index is 0.138. The zero-order valence-corrected chi connectivity index (χ0v) is 22.5. The summed E-state index contributed by atoms with van der Waals surface area (Å²) in [5.74, 6) is -0.591. The molecule has 0 heterocycles. The van der Waals surface area contributed by atoms with Gasteiger partial charge in [-0.25, -0.2) is 13.2 Å². The Bertz CT molecular complexity index is 1140. The minimum atomic E-state index is -0.681. The third-order valence-electron chi connectivity index (χ3n) is 8.25. The molecule has 0 unspecified atom stereocenters. The lowest BCUT2D eigenvalue weighted by atomic mass is 9.77. The Balaban J connectivity index is 1.35. The van der Waals surface area contributed by atoms with Crippen LogP contribution in [-0.2, 0) is 19.3 Å². The Morgan fingerprint density at radius 3 is 2.03 bits per heavy atom. The van der Waals surface area contributed by atoms with Crippen LogP contribution in [0, 0.1) is 23.4 Å². The molecule has 0 nitrogen and oxygen atoms in total. The van der Waals surface area contributed by atoms with Gasteiger partial charge in [-0.05, 0) is 103 Å². The van der Waals surface area contributed by atoms with Gasteiger partial charge in [-0.3, -0.25) is 0 Å². The monoisotopic (exact) mass is 506 g/mol. The molecular formula is C34H41F3. The van der Waals surface area contributed by atoms with Gasteiger partial charge in [0.1, 0.15) is 5.82 Å². The molecule has 1 saturated carbocycles. The zero-order valence-electron chi connectivity index (χ0n) is 22.5. The van der Waals surface area contributed by atoms with Crippen molar-refractivity contribution in [3.8, 4) is 11.1 Å². The third-order valence-corrected chi connectivity index (χ3v) is 8.25. The molecule has 198 valence electrons. The van der Waals surface area contributed by atoms with E-state index >= 15 is 4.39 Å². The van der Waals surface area contributed by atoms with Gasteiger partial charge in [-0.1, -0.05) is 88.1 Å². The fourth-order valence-corrected chi connectivity index (χ4v) is 5.92. The third kappa shape index (κ3) is 7.06. The van der Waals surface area contributed by atoms with E-state index in [0.29, 0.717) is 24.0 Å². The Kier molecular flexibility index (Phi) is 9.88. The number of halogens is 3. The lowest BCUT2D eigenvalue weighted by Gasteiger charge is -2.29. The molecule has 4 rings (SSSR count). The highest BCUT2D eigenvalue weighted by Gasteiger charge is 2.26. The zero-order chi connectivity index (χ0) is 26.2. The second kappa shape index (κ2) is 13.3. The van der Waals surface area contributed by atoms with Crippen LogP contribution in [0.1, 0.15) is 99.8 Å². The van der Waals surface area contributed by atoms with Gasteiger partial charge in [0.2, 0.25) is 0 Å². The van der Waals surface area contributed by atoms with Crippen LogP contribution in [0.2, 0.25) is 0 Å². The molecule has 1 aliphatic rings. The molecule has 0 radical (unpaired) electrons. The molecular weight excluding hydrogens is 465 g/mol. The molecule has 37 heavy (non-hydrogen) atoms. The van der Waals surface area contributed by atoms with E-state index in [2.05, 4.69) is 13.8 Å². The van der Waals surface area contributed by atoms with E-state index < -0.39 is 11.6 Å². The molecule has 0 bridgehead atoms. The first kappa shape index (κ1) is 27.5. The van der Waals surface area contributed by atoms with Crippen LogP contribution in [-0.4, -0.2) is 0 Å². The summed E-state index contributed by atoms with van der Waals surface area (Å²) in [6, 6.07) is 17.1. The molecule has 1 fully saturated rings. The van der Waals surface area contributed by atoms with Crippen molar-refractivity contribution in [1.29, 1.82) is 0 Å². The Morgan fingerprint density at radius 2 is 1.35 bits per heavy atom. The number of hydrogen-bond acceptors (Lipinski definition) is 0. The van der Waals surface area contributed by atoms with E-state index in [0.717, 1.165) is 79.5 Å². The van der Waals surface area contributed by atoms with Gasteiger partial charge in [0, 0.05) is 0 Å². The first-order valence-corrected chi connectivity index (χ1v) is 14.3. The van der Waals surface area contributed by atoms with Crippen molar-refractivity contribution in [2.75, 3.05) is 0 Å². The lowest BCUT2D eigenvalue weighted by molar-refractivity contribution is 0.302. The molecule has 0 amide bonds. The van der Waals surface area contributed by atoms with Gasteiger partial charge in [-0.15, -0.1) is 0 Å². The average molecular weight is 507 g/mol. The second-order valence-corrected chi connectivity index (χ2v) is 10.9. The van der Waals surface area contributed by atoms with Gasteiger partial charge >= 0.3 is 0 Å². The standard InChI is InChI=1S/C34H41F3/c1-3-5-6-8-28-19-20-30(23-32(28)35)26-14-9-25(10-15-26)13-18-29-21-22-31(34(37)33(29)36)27-16-11-24(7-4-2)12-17-27/h9-10,14-15,19-24,27H,3-8,11-13,16-18H2,1-2H3. The number of benzene rings is 3. The number of rotatable bonds is 11. The maximum absolute atomic E-state index is 15.0. The van der Waals surface area contributed by atoms with Crippen LogP contribution in [0.3, 0.4) is 0 Å². The predicted molar refractivity (Wildman–Crippen MR) is 148 cm³/mol. The predicted octanol–water partition coefficient (Wildman–Crippen LogP) is 10.4. The quantitative estimate of drug-likeness (QED) is 0.227. The Labute approximate surface area is 221 Å². The van der Waals surface area contributed by atoms with Crippen molar-refractivity contribution < 1.29 is 13.2 Å². The highest BCUT2D eigenvalue weighted by atomic mass is 19.2. The van der Waals surface area contributed by atoms with E-state index in [1.807, 2.05) is 42.5 Å². The molecule has 1 aliphatic carbocycles. The second-order valence-electron chi connectivity index (χ2n) is 10.9. The van der Waals surface area contributed by atoms with Crippen molar-refractivity contribution in [1.82, 2.24) is 0 Å². The van der Waals surface area contributed by atoms with Crippen LogP contribution in [0.4, 0.5) is 13.2 Å². The Hall–Kier alpha value is -2.55.